The van der Waals surface area contributed by atoms with Crippen LogP contribution in [0, 0.1) is 23.3 Å². The molecular formula is C18H11ClF4S. The monoisotopic (exact) mass is 370 g/mol. The van der Waals surface area contributed by atoms with Crippen molar-refractivity contribution in [2.75, 3.05) is 0 Å². The lowest BCUT2D eigenvalue weighted by Crippen LogP contribution is -2.00. The molecule has 0 bridgehead atoms. The quantitative estimate of drug-likeness (QED) is 0.451. The van der Waals surface area contributed by atoms with Gasteiger partial charge in [0, 0.05) is 26.8 Å². The van der Waals surface area contributed by atoms with Gasteiger partial charge in [0.15, 0.2) is 0 Å². The largest absolute Gasteiger partial charge is 0.207 e. The highest BCUT2D eigenvalue weighted by Crippen LogP contribution is 2.72. The molecule has 0 nitrogen and oxygen atoms in total. The van der Waals surface area contributed by atoms with E-state index in [0.717, 1.165) is 36.4 Å². The van der Waals surface area contributed by atoms with Gasteiger partial charge in [-0.3, -0.25) is 0 Å². The molecule has 0 aliphatic carbocycles. The van der Waals surface area contributed by atoms with E-state index in [0.29, 0.717) is 4.90 Å². The highest BCUT2D eigenvalue weighted by molar-refractivity contribution is 8.51. The average molecular weight is 371 g/mol. The first-order valence-electron chi connectivity index (χ1n) is 6.90. The lowest BCUT2D eigenvalue weighted by Gasteiger charge is -2.34. The van der Waals surface area contributed by atoms with Crippen molar-refractivity contribution < 1.29 is 17.6 Å². The summed E-state index contributed by atoms with van der Waals surface area (Å²) in [6.45, 7) is 0. The summed E-state index contributed by atoms with van der Waals surface area (Å²) in [6.07, 6.45) is 0. The zero-order valence-electron chi connectivity index (χ0n) is 12.1. The first-order chi connectivity index (χ1) is 11.4. The molecule has 0 saturated carbocycles. The van der Waals surface area contributed by atoms with E-state index in [1.54, 1.807) is 30.3 Å². The zero-order valence-corrected chi connectivity index (χ0v) is 13.7. The van der Waals surface area contributed by atoms with Gasteiger partial charge in [-0.05, 0) is 36.4 Å². The summed E-state index contributed by atoms with van der Waals surface area (Å²) >= 11 is 0. The fraction of sp³-hybridized carbons (Fsp3) is 0. The SMILES string of the molecule is Fc1cc(F)cc(S(Cl)(c2ccccc2)c2cc(F)cc(F)c2)c1. The van der Waals surface area contributed by atoms with Gasteiger partial charge in [-0.1, -0.05) is 38.1 Å². The molecular weight excluding hydrogens is 360 g/mol. The van der Waals surface area contributed by atoms with Crippen LogP contribution in [0.2, 0.25) is 0 Å². The van der Waals surface area contributed by atoms with Crippen LogP contribution in [0.4, 0.5) is 17.6 Å². The Balaban J connectivity index is 2.33. The van der Waals surface area contributed by atoms with Gasteiger partial charge in [0.1, 0.15) is 23.3 Å². The minimum Gasteiger partial charge on any atom is -0.207 e. The van der Waals surface area contributed by atoms with E-state index in [-0.39, 0.29) is 9.79 Å². The lowest BCUT2D eigenvalue weighted by molar-refractivity contribution is 0.576. The van der Waals surface area contributed by atoms with Crippen LogP contribution >= 0.6 is 19.9 Å². The number of hydrogen-bond acceptors (Lipinski definition) is 0. The summed E-state index contributed by atoms with van der Waals surface area (Å²) in [4.78, 5) is 0.761. The van der Waals surface area contributed by atoms with E-state index in [1.807, 2.05) is 0 Å². The summed E-state index contributed by atoms with van der Waals surface area (Å²) in [7, 11) is 4.07. The van der Waals surface area contributed by atoms with Crippen molar-refractivity contribution in [1.82, 2.24) is 0 Å². The molecule has 0 saturated heterocycles. The van der Waals surface area contributed by atoms with Crippen LogP contribution in [0.25, 0.3) is 0 Å². The topological polar surface area (TPSA) is 0 Å². The third kappa shape index (κ3) is 3.14. The van der Waals surface area contributed by atoms with Gasteiger partial charge in [0.05, 0.1) is 0 Å². The van der Waals surface area contributed by atoms with E-state index in [4.69, 9.17) is 10.7 Å². The molecule has 0 radical (unpaired) electrons. The Morgan fingerprint density at radius 2 is 0.917 bits per heavy atom. The molecule has 6 heteroatoms. The second-order valence-corrected chi connectivity index (χ2v) is 8.94. The fourth-order valence-corrected chi connectivity index (χ4v) is 5.69. The van der Waals surface area contributed by atoms with Crippen molar-refractivity contribution in [2.45, 2.75) is 14.7 Å². The predicted octanol–water partition coefficient (Wildman–Crippen LogP) is 6.68. The Hall–Kier alpha value is -1.98. The fourth-order valence-electron chi connectivity index (χ4n) is 2.40. The molecule has 24 heavy (non-hydrogen) atoms. The van der Waals surface area contributed by atoms with Gasteiger partial charge in [-0.25, -0.2) is 17.6 Å². The van der Waals surface area contributed by atoms with Crippen molar-refractivity contribution in [3.05, 3.63) is 90.0 Å². The molecule has 0 fully saturated rings. The van der Waals surface area contributed by atoms with Crippen LogP contribution in [0.15, 0.2) is 81.4 Å². The summed E-state index contributed by atoms with van der Waals surface area (Å²) in [5.74, 6) is -3.24. The second kappa shape index (κ2) is 6.49. The Bertz CT molecular complexity index is 791. The lowest BCUT2D eigenvalue weighted by atomic mass is 10.3. The molecule has 0 aromatic heterocycles. The van der Waals surface area contributed by atoms with E-state index in [9.17, 15) is 17.6 Å². The Labute approximate surface area is 142 Å². The number of halogens is 5. The summed E-state index contributed by atoms with van der Waals surface area (Å²) in [5, 5.41) is 0. The number of rotatable bonds is 3. The van der Waals surface area contributed by atoms with Gasteiger partial charge in [-0.2, -0.15) is 0 Å². The van der Waals surface area contributed by atoms with Crippen LogP contribution < -0.4 is 0 Å². The maximum atomic E-state index is 13.7. The van der Waals surface area contributed by atoms with Crippen molar-refractivity contribution >= 4 is 19.9 Å². The zero-order chi connectivity index (χ0) is 17.3. The van der Waals surface area contributed by atoms with E-state index in [2.05, 4.69) is 0 Å². The summed E-state index contributed by atoms with van der Waals surface area (Å²) in [5.41, 5.74) is 0. The Kier molecular flexibility index (Phi) is 4.56. The molecule has 0 heterocycles. The summed E-state index contributed by atoms with van der Waals surface area (Å²) in [6, 6.07) is 14.2. The Morgan fingerprint density at radius 1 is 0.542 bits per heavy atom. The first kappa shape index (κ1) is 16.9. The molecule has 0 unspecified atom stereocenters. The normalized spacial score (nSPS) is 12.2. The van der Waals surface area contributed by atoms with Crippen molar-refractivity contribution in [3.8, 4) is 0 Å². The first-order valence-corrected chi connectivity index (χ1v) is 9.36. The standard InChI is InChI=1S/C18H11ClF4S/c19-24(16-4-2-1-3-5-16,17-8-12(20)6-13(21)9-17)18-10-14(22)7-15(23)11-18/h1-11H. The van der Waals surface area contributed by atoms with Crippen molar-refractivity contribution in [1.29, 1.82) is 0 Å². The highest BCUT2D eigenvalue weighted by Gasteiger charge is 2.30. The minimum absolute atomic E-state index is 0.123. The number of benzene rings is 3. The van der Waals surface area contributed by atoms with Crippen molar-refractivity contribution in [3.63, 3.8) is 0 Å². The minimum atomic E-state index is -2.75. The Morgan fingerprint density at radius 3 is 1.29 bits per heavy atom. The predicted molar refractivity (Wildman–Crippen MR) is 87.4 cm³/mol. The molecule has 0 spiro atoms. The molecule has 0 aliphatic heterocycles. The van der Waals surface area contributed by atoms with Gasteiger partial charge in [-0.15, -0.1) is 0 Å². The third-order valence-electron chi connectivity index (χ3n) is 3.39. The van der Waals surface area contributed by atoms with Gasteiger partial charge in [0.25, 0.3) is 0 Å². The molecule has 0 N–H and O–H groups in total. The third-order valence-corrected chi connectivity index (χ3v) is 7.69. The van der Waals surface area contributed by atoms with Crippen LogP contribution in [0.1, 0.15) is 0 Å². The van der Waals surface area contributed by atoms with E-state index < -0.39 is 32.5 Å². The van der Waals surface area contributed by atoms with E-state index in [1.165, 1.54) is 0 Å². The maximum absolute atomic E-state index is 13.7. The second-order valence-electron chi connectivity index (χ2n) is 5.06. The van der Waals surface area contributed by atoms with Gasteiger partial charge in [0.2, 0.25) is 0 Å². The molecule has 3 rings (SSSR count). The maximum Gasteiger partial charge on any atom is 0.127 e. The average Bonchev–Trinajstić information content (AvgIpc) is 2.53. The van der Waals surface area contributed by atoms with E-state index >= 15 is 0 Å². The summed E-state index contributed by atoms with van der Waals surface area (Å²) < 4.78 is 54.9. The van der Waals surface area contributed by atoms with Gasteiger partial charge >= 0.3 is 0 Å². The van der Waals surface area contributed by atoms with Crippen LogP contribution in [-0.4, -0.2) is 0 Å². The molecule has 3 aromatic rings. The molecule has 124 valence electrons. The van der Waals surface area contributed by atoms with Gasteiger partial charge < -0.3 is 0 Å². The van der Waals surface area contributed by atoms with Crippen LogP contribution in [0.3, 0.4) is 0 Å². The molecule has 0 atom stereocenters. The van der Waals surface area contributed by atoms with Crippen LogP contribution in [-0.2, 0) is 0 Å². The molecule has 0 amide bonds. The van der Waals surface area contributed by atoms with Crippen LogP contribution in [0.5, 0.6) is 0 Å². The molecule has 0 aliphatic rings. The smallest absolute Gasteiger partial charge is 0.127 e. The highest BCUT2D eigenvalue weighted by atomic mass is 35.7. The number of hydrogen-bond donors (Lipinski definition) is 0. The van der Waals surface area contributed by atoms with Crippen molar-refractivity contribution in [2.24, 2.45) is 0 Å². The molecule has 3 aromatic carbocycles.